The molecule has 0 aliphatic carbocycles. The predicted molar refractivity (Wildman–Crippen MR) is 79.3 cm³/mol. The Morgan fingerprint density at radius 3 is 2.45 bits per heavy atom. The summed E-state index contributed by atoms with van der Waals surface area (Å²) >= 11 is 0. The molecule has 0 bridgehead atoms. The van der Waals surface area contributed by atoms with Crippen LogP contribution in [0.1, 0.15) is 43.1 Å². The van der Waals surface area contributed by atoms with Crippen LogP contribution in [0.3, 0.4) is 0 Å². The summed E-state index contributed by atoms with van der Waals surface area (Å²) < 4.78 is 0. The lowest BCUT2D eigenvalue weighted by Crippen LogP contribution is -2.40. The first-order valence-electron chi connectivity index (χ1n) is 6.78. The minimum Gasteiger partial charge on any atom is -0.478 e. The van der Waals surface area contributed by atoms with E-state index in [-0.39, 0.29) is 17.6 Å². The molecule has 0 spiro atoms. The van der Waals surface area contributed by atoms with Crippen molar-refractivity contribution in [2.45, 2.75) is 40.2 Å². The van der Waals surface area contributed by atoms with Crippen molar-refractivity contribution in [1.82, 2.24) is 4.90 Å². The van der Waals surface area contributed by atoms with E-state index in [1.807, 2.05) is 20.8 Å². The van der Waals surface area contributed by atoms with Crippen LogP contribution in [0.2, 0.25) is 0 Å². The van der Waals surface area contributed by atoms with Crippen LogP contribution in [-0.2, 0) is 0 Å². The number of nitrogens with one attached hydrogen (secondary N) is 1. The zero-order chi connectivity index (χ0) is 15.3. The summed E-state index contributed by atoms with van der Waals surface area (Å²) in [5, 5.41) is 11.8. The Morgan fingerprint density at radius 1 is 1.35 bits per heavy atom. The second-order valence-corrected chi connectivity index (χ2v) is 5.05. The fraction of sp³-hybridized carbons (Fsp3) is 0.467. The Bertz CT molecular complexity index is 498. The molecule has 20 heavy (non-hydrogen) atoms. The highest BCUT2D eigenvalue weighted by molar-refractivity contribution is 5.92. The van der Waals surface area contributed by atoms with Gasteiger partial charge in [-0.1, -0.05) is 6.92 Å². The topological polar surface area (TPSA) is 69.6 Å². The number of carboxylic acid groups (broad SMARTS) is 1. The highest BCUT2D eigenvalue weighted by atomic mass is 16.4. The Morgan fingerprint density at radius 2 is 2.00 bits per heavy atom. The van der Waals surface area contributed by atoms with Gasteiger partial charge in [0.25, 0.3) is 0 Å². The first kappa shape index (κ1) is 16.0. The van der Waals surface area contributed by atoms with Crippen molar-refractivity contribution >= 4 is 17.7 Å². The fourth-order valence-electron chi connectivity index (χ4n) is 2.01. The van der Waals surface area contributed by atoms with Crippen LogP contribution in [0.5, 0.6) is 0 Å². The predicted octanol–water partition coefficient (Wildman–Crippen LogP) is 3.35. The summed E-state index contributed by atoms with van der Waals surface area (Å²) in [6.07, 6.45) is 0.891. The van der Waals surface area contributed by atoms with Gasteiger partial charge in [0.15, 0.2) is 0 Å². The molecule has 0 aliphatic heterocycles. The number of aryl methyl sites for hydroxylation is 1. The van der Waals surface area contributed by atoms with E-state index in [2.05, 4.69) is 5.32 Å². The smallest absolute Gasteiger partial charge is 0.335 e. The molecule has 0 heterocycles. The molecule has 0 saturated carbocycles. The first-order valence-corrected chi connectivity index (χ1v) is 6.78. The number of hydrogen-bond donors (Lipinski definition) is 2. The summed E-state index contributed by atoms with van der Waals surface area (Å²) in [6, 6.07) is 4.75. The molecule has 0 unspecified atom stereocenters. The van der Waals surface area contributed by atoms with Gasteiger partial charge in [-0.25, -0.2) is 9.59 Å². The Labute approximate surface area is 119 Å². The van der Waals surface area contributed by atoms with Crippen LogP contribution in [0.4, 0.5) is 10.5 Å². The molecule has 0 aromatic heterocycles. The van der Waals surface area contributed by atoms with Crippen molar-refractivity contribution in [1.29, 1.82) is 0 Å². The van der Waals surface area contributed by atoms with Gasteiger partial charge in [-0.2, -0.15) is 0 Å². The standard InChI is InChI=1S/C15H22N2O3/c1-5-8-17(10(2)3)15(20)16-12-6-7-13(14(18)19)11(4)9-12/h6-7,9-10H,5,8H2,1-4H3,(H,16,20)(H,18,19). The van der Waals surface area contributed by atoms with Gasteiger partial charge in [0.1, 0.15) is 0 Å². The van der Waals surface area contributed by atoms with E-state index in [1.54, 1.807) is 24.0 Å². The quantitative estimate of drug-likeness (QED) is 0.867. The van der Waals surface area contributed by atoms with Gasteiger partial charge in [-0.3, -0.25) is 0 Å². The lowest BCUT2D eigenvalue weighted by molar-refractivity contribution is 0.0696. The van der Waals surface area contributed by atoms with Gasteiger partial charge in [-0.15, -0.1) is 0 Å². The number of hydrogen-bond acceptors (Lipinski definition) is 2. The van der Waals surface area contributed by atoms with Crippen LogP contribution >= 0.6 is 0 Å². The van der Waals surface area contributed by atoms with Crippen LogP contribution in [0, 0.1) is 6.92 Å². The summed E-state index contributed by atoms with van der Waals surface area (Å²) in [4.78, 5) is 24.9. The fourth-order valence-corrected chi connectivity index (χ4v) is 2.01. The van der Waals surface area contributed by atoms with Gasteiger partial charge in [0, 0.05) is 18.3 Å². The molecular formula is C15H22N2O3. The van der Waals surface area contributed by atoms with Crippen molar-refractivity contribution in [3.63, 3.8) is 0 Å². The molecule has 2 amide bonds. The third kappa shape index (κ3) is 3.98. The number of nitrogens with zero attached hydrogens (tertiary/aromatic N) is 1. The van der Waals surface area contributed by atoms with E-state index in [0.29, 0.717) is 17.8 Å². The third-order valence-corrected chi connectivity index (χ3v) is 3.06. The zero-order valence-electron chi connectivity index (χ0n) is 12.4. The molecule has 0 saturated heterocycles. The van der Waals surface area contributed by atoms with Gasteiger partial charge in [0.2, 0.25) is 0 Å². The lowest BCUT2D eigenvalue weighted by atomic mass is 10.1. The van der Waals surface area contributed by atoms with E-state index in [4.69, 9.17) is 5.11 Å². The molecule has 5 heteroatoms. The van der Waals surface area contributed by atoms with Crippen molar-refractivity contribution < 1.29 is 14.7 Å². The Kier molecular flexibility index (Phi) is 5.55. The molecule has 1 rings (SSSR count). The zero-order valence-corrected chi connectivity index (χ0v) is 12.4. The summed E-state index contributed by atoms with van der Waals surface area (Å²) in [7, 11) is 0. The molecule has 0 aliphatic rings. The second kappa shape index (κ2) is 6.93. The third-order valence-electron chi connectivity index (χ3n) is 3.06. The van der Waals surface area contributed by atoms with E-state index in [9.17, 15) is 9.59 Å². The van der Waals surface area contributed by atoms with Crippen LogP contribution in [0.15, 0.2) is 18.2 Å². The number of aromatic carboxylic acids is 1. The molecule has 0 radical (unpaired) electrons. The largest absolute Gasteiger partial charge is 0.478 e. The molecule has 5 nitrogen and oxygen atoms in total. The van der Waals surface area contributed by atoms with Crippen molar-refractivity contribution in [3.05, 3.63) is 29.3 Å². The maximum absolute atomic E-state index is 12.2. The Hall–Kier alpha value is -2.04. The minimum atomic E-state index is -0.963. The molecule has 0 fully saturated rings. The van der Waals surface area contributed by atoms with E-state index < -0.39 is 5.97 Å². The van der Waals surface area contributed by atoms with Gasteiger partial charge >= 0.3 is 12.0 Å². The van der Waals surface area contributed by atoms with Crippen molar-refractivity contribution in [2.75, 3.05) is 11.9 Å². The average molecular weight is 278 g/mol. The molecule has 1 aromatic rings. The van der Waals surface area contributed by atoms with Crippen LogP contribution in [-0.4, -0.2) is 34.6 Å². The number of carbonyl (C=O) groups excluding carboxylic acids is 1. The number of amides is 2. The van der Waals surface area contributed by atoms with Gasteiger partial charge in [-0.05, 0) is 51.0 Å². The summed E-state index contributed by atoms with van der Waals surface area (Å²) in [5.41, 5.74) is 1.48. The number of carbonyl (C=O) groups is 2. The highest BCUT2D eigenvalue weighted by Gasteiger charge is 2.16. The van der Waals surface area contributed by atoms with Crippen molar-refractivity contribution in [3.8, 4) is 0 Å². The Balaban J connectivity index is 2.85. The number of anilines is 1. The summed E-state index contributed by atoms with van der Waals surface area (Å²) in [5.74, 6) is -0.963. The van der Waals surface area contributed by atoms with E-state index >= 15 is 0 Å². The molecule has 110 valence electrons. The monoisotopic (exact) mass is 278 g/mol. The normalized spacial score (nSPS) is 10.4. The highest BCUT2D eigenvalue weighted by Crippen LogP contribution is 2.16. The van der Waals surface area contributed by atoms with Crippen LogP contribution < -0.4 is 5.32 Å². The minimum absolute atomic E-state index is 0.120. The molecule has 1 aromatic carbocycles. The molecule has 0 atom stereocenters. The number of urea groups is 1. The number of rotatable bonds is 5. The number of carboxylic acids is 1. The second-order valence-electron chi connectivity index (χ2n) is 5.05. The SMILES string of the molecule is CCCN(C(=O)Nc1ccc(C(=O)O)c(C)c1)C(C)C. The number of benzene rings is 1. The first-order chi connectivity index (χ1) is 9.36. The molecule has 2 N–H and O–H groups in total. The molecular weight excluding hydrogens is 256 g/mol. The van der Waals surface area contributed by atoms with E-state index in [1.165, 1.54) is 6.07 Å². The van der Waals surface area contributed by atoms with Crippen molar-refractivity contribution in [2.24, 2.45) is 0 Å². The maximum Gasteiger partial charge on any atom is 0.335 e. The van der Waals surface area contributed by atoms with Crippen LogP contribution in [0.25, 0.3) is 0 Å². The van der Waals surface area contributed by atoms with Gasteiger partial charge < -0.3 is 15.3 Å². The van der Waals surface area contributed by atoms with E-state index in [0.717, 1.165) is 6.42 Å². The average Bonchev–Trinajstić information content (AvgIpc) is 2.34. The maximum atomic E-state index is 12.2. The lowest BCUT2D eigenvalue weighted by Gasteiger charge is -2.26. The van der Waals surface area contributed by atoms with Gasteiger partial charge in [0.05, 0.1) is 5.56 Å². The summed E-state index contributed by atoms with van der Waals surface area (Å²) in [6.45, 7) is 8.36.